The molecule has 1 aromatic carbocycles. The lowest BCUT2D eigenvalue weighted by Gasteiger charge is -2.25. The molecule has 0 fully saturated rings. The average Bonchev–Trinajstić information content (AvgIpc) is 2.99. The van der Waals surface area contributed by atoms with Gasteiger partial charge < -0.3 is 4.90 Å². The molecule has 0 spiro atoms. The van der Waals surface area contributed by atoms with Crippen molar-refractivity contribution in [3.63, 3.8) is 0 Å². The van der Waals surface area contributed by atoms with E-state index in [-0.39, 0.29) is 11.9 Å². The van der Waals surface area contributed by atoms with E-state index >= 15 is 0 Å². The molecule has 1 unspecified atom stereocenters. The second kappa shape index (κ2) is 6.80. The van der Waals surface area contributed by atoms with Gasteiger partial charge >= 0.3 is 0 Å². The molecule has 2 nitrogen and oxygen atoms in total. The minimum atomic E-state index is -0.890. The van der Waals surface area contributed by atoms with Gasteiger partial charge in [0.05, 0.1) is 6.04 Å². The summed E-state index contributed by atoms with van der Waals surface area (Å²) in [5.41, 5.74) is 0.584. The average molecular weight is 309 g/mol. The highest BCUT2D eigenvalue weighted by molar-refractivity contribution is 7.09. The number of aryl methyl sites for hydroxylation is 1. The fraction of sp³-hybridized carbons (Fsp3) is 0.312. The van der Waals surface area contributed by atoms with Crippen LogP contribution in [0.2, 0.25) is 0 Å². The molecule has 1 heterocycles. The largest absolute Gasteiger partial charge is 0.339 e. The van der Waals surface area contributed by atoms with Gasteiger partial charge in [-0.3, -0.25) is 4.79 Å². The Hall–Kier alpha value is -1.75. The summed E-state index contributed by atoms with van der Waals surface area (Å²) in [6.07, 6.45) is 1.11. The lowest BCUT2D eigenvalue weighted by Crippen LogP contribution is -2.29. The van der Waals surface area contributed by atoms with Gasteiger partial charge in [-0.15, -0.1) is 11.3 Å². The number of rotatable bonds is 5. The van der Waals surface area contributed by atoms with E-state index in [0.717, 1.165) is 17.0 Å². The number of carbonyl (C=O) groups excluding carboxylic acids is 1. The first-order chi connectivity index (χ1) is 9.99. The maximum atomic E-state index is 13.3. The topological polar surface area (TPSA) is 20.3 Å². The highest BCUT2D eigenvalue weighted by Gasteiger charge is 2.18. The van der Waals surface area contributed by atoms with E-state index in [0.29, 0.717) is 18.4 Å². The molecule has 1 amide bonds. The zero-order chi connectivity index (χ0) is 15.4. The number of halogens is 2. The van der Waals surface area contributed by atoms with Crippen LogP contribution in [0.25, 0.3) is 0 Å². The molecule has 0 aliphatic carbocycles. The predicted octanol–water partition coefficient (Wildman–Crippen LogP) is 4.18. The fourth-order valence-electron chi connectivity index (χ4n) is 2.07. The van der Waals surface area contributed by atoms with E-state index in [4.69, 9.17) is 0 Å². The SMILES string of the molecule is CC(c1ccc(F)c(F)c1)N(C)C(=O)CCc1cccs1. The first-order valence-electron chi connectivity index (χ1n) is 6.72. The Balaban J connectivity index is 1.98. The Bertz CT molecular complexity index is 613. The van der Waals surface area contributed by atoms with Gasteiger partial charge in [0.25, 0.3) is 0 Å². The van der Waals surface area contributed by atoms with Crippen molar-refractivity contribution in [1.29, 1.82) is 0 Å². The molecular formula is C16H17F2NOS. The van der Waals surface area contributed by atoms with Crippen LogP contribution in [0, 0.1) is 11.6 Å². The van der Waals surface area contributed by atoms with Crippen molar-refractivity contribution in [2.75, 3.05) is 7.05 Å². The van der Waals surface area contributed by atoms with E-state index in [2.05, 4.69) is 0 Å². The second-order valence-electron chi connectivity index (χ2n) is 4.93. The summed E-state index contributed by atoms with van der Waals surface area (Å²) in [5, 5.41) is 1.98. The summed E-state index contributed by atoms with van der Waals surface area (Å²) >= 11 is 1.62. The van der Waals surface area contributed by atoms with Crippen molar-refractivity contribution in [1.82, 2.24) is 4.90 Å². The zero-order valence-electron chi connectivity index (χ0n) is 12.0. The standard InChI is InChI=1S/C16H17F2NOS/c1-11(12-5-7-14(17)15(18)10-12)19(2)16(20)8-6-13-4-3-9-21-13/h3-5,7,9-11H,6,8H2,1-2H3. The van der Waals surface area contributed by atoms with Crippen LogP contribution in [-0.4, -0.2) is 17.9 Å². The Morgan fingerprint density at radius 1 is 1.29 bits per heavy atom. The first-order valence-corrected chi connectivity index (χ1v) is 7.60. The molecule has 1 aromatic heterocycles. The van der Waals surface area contributed by atoms with Crippen LogP contribution >= 0.6 is 11.3 Å². The second-order valence-corrected chi connectivity index (χ2v) is 5.97. The summed E-state index contributed by atoms with van der Waals surface area (Å²) in [7, 11) is 1.68. The summed E-state index contributed by atoms with van der Waals surface area (Å²) < 4.78 is 26.2. The van der Waals surface area contributed by atoms with Crippen molar-refractivity contribution < 1.29 is 13.6 Å². The summed E-state index contributed by atoms with van der Waals surface area (Å²) in [4.78, 5) is 14.9. The highest BCUT2D eigenvalue weighted by atomic mass is 32.1. The third kappa shape index (κ3) is 3.88. The number of thiophene rings is 1. The molecule has 0 saturated carbocycles. The van der Waals surface area contributed by atoms with Crippen molar-refractivity contribution in [2.24, 2.45) is 0 Å². The third-order valence-corrected chi connectivity index (χ3v) is 4.50. The van der Waals surface area contributed by atoms with Crippen LogP contribution in [0.3, 0.4) is 0 Å². The van der Waals surface area contributed by atoms with Gasteiger partial charge in [-0.25, -0.2) is 8.78 Å². The number of benzene rings is 1. The van der Waals surface area contributed by atoms with Gasteiger partial charge in [-0.1, -0.05) is 12.1 Å². The molecule has 0 aliphatic heterocycles. The highest BCUT2D eigenvalue weighted by Crippen LogP contribution is 2.22. The van der Waals surface area contributed by atoms with Gasteiger partial charge in [-0.2, -0.15) is 0 Å². The summed E-state index contributed by atoms with van der Waals surface area (Å²) in [6.45, 7) is 1.80. The number of hydrogen-bond acceptors (Lipinski definition) is 2. The number of nitrogens with zero attached hydrogens (tertiary/aromatic N) is 1. The minimum Gasteiger partial charge on any atom is -0.339 e. The van der Waals surface area contributed by atoms with Gasteiger partial charge in [0, 0.05) is 18.3 Å². The van der Waals surface area contributed by atoms with Gasteiger partial charge in [0.15, 0.2) is 11.6 Å². The van der Waals surface area contributed by atoms with E-state index < -0.39 is 11.6 Å². The number of carbonyl (C=O) groups is 1. The normalized spacial score (nSPS) is 12.2. The number of hydrogen-bond donors (Lipinski definition) is 0. The Morgan fingerprint density at radius 2 is 2.05 bits per heavy atom. The number of amides is 1. The Morgan fingerprint density at radius 3 is 2.67 bits per heavy atom. The van der Waals surface area contributed by atoms with Crippen molar-refractivity contribution in [3.8, 4) is 0 Å². The van der Waals surface area contributed by atoms with Crippen LogP contribution in [0.1, 0.15) is 29.8 Å². The van der Waals surface area contributed by atoms with Crippen LogP contribution in [-0.2, 0) is 11.2 Å². The van der Waals surface area contributed by atoms with Gasteiger partial charge in [0.2, 0.25) is 5.91 Å². The minimum absolute atomic E-state index is 0.0133. The smallest absolute Gasteiger partial charge is 0.223 e. The first kappa shape index (κ1) is 15.6. The van der Waals surface area contributed by atoms with E-state index in [1.54, 1.807) is 30.2 Å². The molecule has 5 heteroatoms. The molecule has 0 bridgehead atoms. The molecule has 112 valence electrons. The zero-order valence-corrected chi connectivity index (χ0v) is 12.8. The molecule has 0 radical (unpaired) electrons. The molecule has 21 heavy (non-hydrogen) atoms. The molecule has 0 N–H and O–H groups in total. The molecule has 0 aliphatic rings. The Labute approximate surface area is 127 Å². The molecule has 1 atom stereocenters. The van der Waals surface area contributed by atoms with Gasteiger partial charge in [-0.05, 0) is 42.5 Å². The fourth-order valence-corrected chi connectivity index (χ4v) is 2.78. The predicted molar refractivity (Wildman–Crippen MR) is 80.2 cm³/mol. The van der Waals surface area contributed by atoms with Crippen molar-refractivity contribution in [3.05, 3.63) is 57.8 Å². The van der Waals surface area contributed by atoms with Crippen LogP contribution in [0.4, 0.5) is 8.78 Å². The molecule has 2 rings (SSSR count). The quantitative estimate of drug-likeness (QED) is 0.811. The maximum Gasteiger partial charge on any atom is 0.223 e. The van der Waals surface area contributed by atoms with Crippen molar-refractivity contribution >= 4 is 17.2 Å². The third-order valence-electron chi connectivity index (χ3n) is 3.57. The van der Waals surface area contributed by atoms with E-state index in [1.165, 1.54) is 6.07 Å². The maximum absolute atomic E-state index is 13.3. The van der Waals surface area contributed by atoms with Crippen LogP contribution < -0.4 is 0 Å². The van der Waals surface area contributed by atoms with Crippen LogP contribution in [0.5, 0.6) is 0 Å². The van der Waals surface area contributed by atoms with Crippen molar-refractivity contribution in [2.45, 2.75) is 25.8 Å². The van der Waals surface area contributed by atoms with Crippen LogP contribution in [0.15, 0.2) is 35.7 Å². The summed E-state index contributed by atoms with van der Waals surface area (Å²) in [5.74, 6) is -1.78. The summed E-state index contributed by atoms with van der Waals surface area (Å²) in [6, 6.07) is 7.39. The molecule has 0 saturated heterocycles. The molecule has 2 aromatic rings. The van der Waals surface area contributed by atoms with Gasteiger partial charge in [0.1, 0.15) is 0 Å². The lowest BCUT2D eigenvalue weighted by molar-refractivity contribution is -0.131. The molecular weight excluding hydrogens is 292 g/mol. The lowest BCUT2D eigenvalue weighted by atomic mass is 10.1. The Kier molecular flexibility index (Phi) is 5.07. The monoisotopic (exact) mass is 309 g/mol. The van der Waals surface area contributed by atoms with E-state index in [1.807, 2.05) is 17.5 Å². The van der Waals surface area contributed by atoms with E-state index in [9.17, 15) is 13.6 Å².